The minimum atomic E-state index is 0.862. The van der Waals surface area contributed by atoms with Crippen molar-refractivity contribution in [2.75, 3.05) is 0 Å². The van der Waals surface area contributed by atoms with Gasteiger partial charge in [-0.25, -0.2) is 4.98 Å². The topological polar surface area (TPSA) is 25.8 Å². The Kier molecular flexibility index (Phi) is 2.11. The van der Waals surface area contributed by atoms with Gasteiger partial charge in [0.05, 0.1) is 11.2 Å². The molecule has 0 saturated carbocycles. The number of hydrogen-bond acceptors (Lipinski definition) is 2. The highest BCUT2D eigenvalue weighted by Gasteiger charge is 2.00. The van der Waals surface area contributed by atoms with Crippen LogP contribution in [-0.2, 0) is 0 Å². The average Bonchev–Trinajstić information content (AvgIpc) is 2.39. The van der Waals surface area contributed by atoms with E-state index in [0.29, 0.717) is 0 Å². The van der Waals surface area contributed by atoms with Crippen molar-refractivity contribution in [2.24, 2.45) is 0 Å². The van der Waals surface area contributed by atoms with Crippen LogP contribution in [0, 0.1) is 6.07 Å². The Labute approximate surface area is 93.6 Å². The molecule has 16 heavy (non-hydrogen) atoms. The van der Waals surface area contributed by atoms with Crippen molar-refractivity contribution in [2.45, 2.75) is 0 Å². The van der Waals surface area contributed by atoms with Crippen molar-refractivity contribution in [3.05, 3.63) is 60.9 Å². The van der Waals surface area contributed by atoms with Crippen LogP contribution in [0.1, 0.15) is 0 Å². The largest absolute Gasteiger partial charge is 0.265 e. The predicted octanol–water partition coefficient (Wildman–Crippen LogP) is 3.10. The maximum atomic E-state index is 4.56. The Bertz CT molecular complexity index is 618. The second kappa shape index (κ2) is 3.74. The van der Waals surface area contributed by atoms with Crippen LogP contribution in [0.25, 0.3) is 22.2 Å². The van der Waals surface area contributed by atoms with Gasteiger partial charge in [0.25, 0.3) is 0 Å². The lowest BCUT2D eigenvalue weighted by Gasteiger charge is -2.01. The van der Waals surface area contributed by atoms with E-state index < -0.39 is 0 Å². The van der Waals surface area contributed by atoms with Gasteiger partial charge in [0.15, 0.2) is 0 Å². The van der Waals surface area contributed by atoms with Gasteiger partial charge in [-0.15, -0.1) is 0 Å². The zero-order chi connectivity index (χ0) is 10.8. The molecule has 0 atom stereocenters. The summed E-state index contributed by atoms with van der Waals surface area (Å²) in [5, 5.41) is 1.11. The van der Waals surface area contributed by atoms with Crippen molar-refractivity contribution >= 4 is 10.9 Å². The van der Waals surface area contributed by atoms with E-state index in [1.165, 1.54) is 0 Å². The smallest absolute Gasteiger partial charge is 0.0789 e. The highest BCUT2D eigenvalue weighted by molar-refractivity contribution is 5.81. The fourth-order valence-electron chi connectivity index (χ4n) is 1.67. The minimum Gasteiger partial charge on any atom is -0.265 e. The number of fused-ring (bicyclic) bond motifs is 1. The van der Waals surface area contributed by atoms with Crippen LogP contribution >= 0.6 is 0 Å². The van der Waals surface area contributed by atoms with Gasteiger partial charge in [0.2, 0.25) is 0 Å². The first-order valence-corrected chi connectivity index (χ1v) is 5.11. The molecule has 0 fully saturated rings. The molecule has 0 aliphatic rings. The Balaban J connectivity index is 2.19. The first-order chi connectivity index (χ1) is 7.93. The summed E-state index contributed by atoms with van der Waals surface area (Å²) in [6.45, 7) is 0. The third-order valence-corrected chi connectivity index (χ3v) is 2.49. The van der Waals surface area contributed by atoms with E-state index in [-0.39, 0.29) is 0 Å². The Morgan fingerprint density at radius 3 is 2.62 bits per heavy atom. The van der Waals surface area contributed by atoms with Gasteiger partial charge < -0.3 is 0 Å². The van der Waals surface area contributed by atoms with E-state index in [0.717, 1.165) is 22.2 Å². The second-order valence-corrected chi connectivity index (χ2v) is 3.54. The fraction of sp³-hybridized carbons (Fsp3) is 0. The Morgan fingerprint density at radius 1 is 0.938 bits per heavy atom. The van der Waals surface area contributed by atoms with Gasteiger partial charge in [-0.3, -0.25) is 4.98 Å². The van der Waals surface area contributed by atoms with Gasteiger partial charge in [-0.05, 0) is 24.3 Å². The van der Waals surface area contributed by atoms with Gasteiger partial charge in [0.1, 0.15) is 0 Å². The number of nitrogens with zero attached hydrogens (tertiary/aromatic N) is 2. The molecular weight excluding hydrogens is 196 g/mol. The van der Waals surface area contributed by atoms with Crippen LogP contribution in [0.3, 0.4) is 0 Å². The third kappa shape index (κ3) is 1.54. The second-order valence-electron chi connectivity index (χ2n) is 3.54. The molecule has 75 valence electrons. The maximum Gasteiger partial charge on any atom is 0.0789 e. The summed E-state index contributed by atoms with van der Waals surface area (Å²) < 4.78 is 0. The van der Waals surface area contributed by atoms with Crippen LogP contribution in [0.5, 0.6) is 0 Å². The number of aromatic nitrogens is 2. The van der Waals surface area contributed by atoms with Gasteiger partial charge >= 0.3 is 0 Å². The van der Waals surface area contributed by atoms with Gasteiger partial charge in [-0.2, -0.15) is 0 Å². The predicted molar refractivity (Wildman–Crippen MR) is 63.8 cm³/mol. The zero-order valence-corrected chi connectivity index (χ0v) is 8.59. The van der Waals surface area contributed by atoms with E-state index in [4.69, 9.17) is 0 Å². The molecule has 3 aromatic rings. The highest BCUT2D eigenvalue weighted by atomic mass is 14.7. The van der Waals surface area contributed by atoms with E-state index in [9.17, 15) is 0 Å². The molecule has 0 aliphatic heterocycles. The van der Waals surface area contributed by atoms with Crippen molar-refractivity contribution < 1.29 is 0 Å². The number of rotatable bonds is 1. The maximum absolute atomic E-state index is 4.56. The minimum absolute atomic E-state index is 0.862. The summed E-state index contributed by atoms with van der Waals surface area (Å²) in [5.74, 6) is 0. The zero-order valence-electron chi connectivity index (χ0n) is 8.59. The summed E-state index contributed by atoms with van der Waals surface area (Å²) in [5.41, 5.74) is 2.90. The fourth-order valence-corrected chi connectivity index (χ4v) is 1.67. The molecule has 0 unspecified atom stereocenters. The normalized spacial score (nSPS) is 10.5. The Hall–Kier alpha value is -2.22. The highest BCUT2D eigenvalue weighted by Crippen LogP contribution is 2.19. The molecule has 0 saturated heterocycles. The van der Waals surface area contributed by atoms with E-state index in [1.54, 1.807) is 12.4 Å². The van der Waals surface area contributed by atoms with Crippen LogP contribution < -0.4 is 0 Å². The van der Waals surface area contributed by atoms with Crippen LogP contribution in [0.4, 0.5) is 0 Å². The lowest BCUT2D eigenvalue weighted by atomic mass is 10.1. The molecule has 3 rings (SSSR count). The lowest BCUT2D eigenvalue weighted by molar-refractivity contribution is 1.31. The summed E-state index contributed by atoms with van der Waals surface area (Å²) in [7, 11) is 0. The molecule has 2 aromatic heterocycles. The summed E-state index contributed by atoms with van der Waals surface area (Å²) >= 11 is 0. The van der Waals surface area contributed by atoms with Crippen LogP contribution in [0.15, 0.2) is 54.9 Å². The molecule has 0 aliphatic carbocycles. The van der Waals surface area contributed by atoms with Crippen molar-refractivity contribution in [3.8, 4) is 11.3 Å². The quantitative estimate of drug-likeness (QED) is 0.610. The van der Waals surface area contributed by atoms with Crippen molar-refractivity contribution in [1.29, 1.82) is 0 Å². The molecule has 0 N–H and O–H groups in total. The first-order valence-electron chi connectivity index (χ1n) is 5.11. The Morgan fingerprint density at radius 2 is 1.75 bits per heavy atom. The molecule has 2 heterocycles. The molecule has 0 spiro atoms. The third-order valence-electron chi connectivity index (χ3n) is 2.49. The summed E-state index contributed by atoms with van der Waals surface area (Å²) in [6.07, 6.45) is 3.53. The molecule has 2 nitrogen and oxygen atoms in total. The summed E-state index contributed by atoms with van der Waals surface area (Å²) in [4.78, 5) is 8.55. The number of para-hydroxylation sites is 1. The number of pyridine rings is 2. The molecule has 1 radical (unpaired) electrons. The van der Waals surface area contributed by atoms with E-state index >= 15 is 0 Å². The van der Waals surface area contributed by atoms with Crippen LogP contribution in [0.2, 0.25) is 0 Å². The summed E-state index contributed by atoms with van der Waals surface area (Å²) in [6, 6.07) is 17.1. The van der Waals surface area contributed by atoms with Gasteiger partial charge in [0, 0.05) is 29.4 Å². The average molecular weight is 205 g/mol. The van der Waals surface area contributed by atoms with Crippen LogP contribution in [-0.4, -0.2) is 9.97 Å². The SMILES string of the molecule is [c]1cc2ccccc2nc1-c1ccncc1. The molecule has 0 bridgehead atoms. The molecule has 0 amide bonds. The van der Waals surface area contributed by atoms with Crippen molar-refractivity contribution in [3.63, 3.8) is 0 Å². The molecular formula is C14H9N2. The lowest BCUT2D eigenvalue weighted by Crippen LogP contribution is -1.85. The van der Waals surface area contributed by atoms with Crippen molar-refractivity contribution in [1.82, 2.24) is 9.97 Å². The van der Waals surface area contributed by atoms with E-state index in [2.05, 4.69) is 16.0 Å². The van der Waals surface area contributed by atoms with E-state index in [1.807, 2.05) is 42.5 Å². The van der Waals surface area contributed by atoms with Gasteiger partial charge in [-0.1, -0.05) is 18.2 Å². The monoisotopic (exact) mass is 205 g/mol. The first kappa shape index (κ1) is 9.04. The molecule has 2 heteroatoms. The molecule has 1 aromatic carbocycles. The number of benzene rings is 1. The standard InChI is InChI=1S/C14H9N2/c1-2-4-13-11(3-1)5-6-14(16-13)12-7-9-15-10-8-12/h1-5,7-10H. The number of hydrogen-bond donors (Lipinski definition) is 0.